The Kier molecular flexibility index (Phi) is 4.93. The Labute approximate surface area is 152 Å². The first-order chi connectivity index (χ1) is 12.5. The lowest BCUT2D eigenvalue weighted by molar-refractivity contribution is -0.131. The maximum atomic E-state index is 12.7. The van der Waals surface area contributed by atoms with Gasteiger partial charge in [0, 0.05) is 5.56 Å². The highest BCUT2D eigenvalue weighted by Crippen LogP contribution is 2.29. The lowest BCUT2D eigenvalue weighted by Crippen LogP contribution is -2.41. The van der Waals surface area contributed by atoms with Gasteiger partial charge in [0.25, 0.3) is 5.91 Å². The number of nitrogens with zero attached hydrogens (tertiary/aromatic N) is 1. The molecule has 26 heavy (non-hydrogen) atoms. The number of nitrogens with one attached hydrogen (secondary N) is 1. The van der Waals surface area contributed by atoms with Gasteiger partial charge in [0.05, 0.1) is 12.8 Å². The van der Waals surface area contributed by atoms with E-state index >= 15 is 0 Å². The summed E-state index contributed by atoms with van der Waals surface area (Å²) in [7, 11) is 0. The Balaban J connectivity index is 1.71. The molecule has 0 radical (unpaired) electrons. The van der Waals surface area contributed by atoms with Gasteiger partial charge in [-0.05, 0) is 37.5 Å². The van der Waals surface area contributed by atoms with Crippen molar-refractivity contribution >= 4 is 17.7 Å². The van der Waals surface area contributed by atoms with Gasteiger partial charge in [-0.2, -0.15) is 0 Å². The fourth-order valence-electron chi connectivity index (χ4n) is 3.04. The Bertz CT molecular complexity index is 811. The van der Waals surface area contributed by atoms with Crippen LogP contribution < -0.4 is 5.32 Å². The summed E-state index contributed by atoms with van der Waals surface area (Å²) in [5.41, 5.74) is 0.367. The van der Waals surface area contributed by atoms with Crippen molar-refractivity contribution in [1.29, 1.82) is 0 Å². The third-order valence-corrected chi connectivity index (χ3v) is 4.69. The predicted molar refractivity (Wildman–Crippen MR) is 95.7 cm³/mol. The Hall–Kier alpha value is -2.89. The molecule has 3 rings (SSSR count). The van der Waals surface area contributed by atoms with Crippen LogP contribution in [-0.4, -0.2) is 29.2 Å². The van der Waals surface area contributed by atoms with E-state index in [1.54, 1.807) is 31.2 Å². The van der Waals surface area contributed by atoms with E-state index in [2.05, 4.69) is 12.2 Å². The van der Waals surface area contributed by atoms with E-state index in [-0.39, 0.29) is 12.3 Å². The fraction of sp³-hybridized carbons (Fsp3) is 0.350. The van der Waals surface area contributed by atoms with Crippen LogP contribution in [0.3, 0.4) is 0 Å². The Morgan fingerprint density at radius 2 is 1.92 bits per heavy atom. The number of imide groups is 1. The average molecular weight is 354 g/mol. The van der Waals surface area contributed by atoms with Crippen molar-refractivity contribution in [2.24, 2.45) is 0 Å². The van der Waals surface area contributed by atoms with Gasteiger partial charge in [0.2, 0.25) is 0 Å². The van der Waals surface area contributed by atoms with Gasteiger partial charge in [-0.15, -0.1) is 0 Å². The molecule has 1 atom stereocenters. The summed E-state index contributed by atoms with van der Waals surface area (Å²) in [4.78, 5) is 38.4. The van der Waals surface area contributed by atoms with Crippen molar-refractivity contribution in [1.82, 2.24) is 10.2 Å². The zero-order chi connectivity index (χ0) is 18.7. The summed E-state index contributed by atoms with van der Waals surface area (Å²) < 4.78 is 5.28. The number of carbonyl (C=O) groups is 3. The molecule has 2 heterocycles. The molecule has 0 bridgehead atoms. The molecule has 0 saturated carbocycles. The van der Waals surface area contributed by atoms with E-state index in [0.29, 0.717) is 11.3 Å². The highest BCUT2D eigenvalue weighted by molar-refractivity contribution is 6.11. The van der Waals surface area contributed by atoms with Crippen molar-refractivity contribution in [2.45, 2.75) is 38.6 Å². The molecule has 1 N–H and O–H groups in total. The molecule has 0 unspecified atom stereocenters. The molecule has 1 saturated heterocycles. The lowest BCUT2D eigenvalue weighted by Gasteiger charge is -2.18. The summed E-state index contributed by atoms with van der Waals surface area (Å²) in [6.45, 7) is 3.40. The maximum absolute atomic E-state index is 12.7. The van der Waals surface area contributed by atoms with Crippen molar-refractivity contribution in [3.05, 3.63) is 59.5 Å². The number of urea groups is 1. The molecule has 1 aromatic heterocycles. The summed E-state index contributed by atoms with van der Waals surface area (Å²) in [6, 6.07) is 10.0. The number of aryl methyl sites for hydroxylation is 1. The zero-order valence-corrected chi connectivity index (χ0v) is 15.0. The van der Waals surface area contributed by atoms with Crippen molar-refractivity contribution in [3.8, 4) is 0 Å². The largest absolute Gasteiger partial charge is 0.466 e. The number of amides is 3. The number of benzene rings is 1. The van der Waals surface area contributed by atoms with Crippen molar-refractivity contribution in [2.75, 3.05) is 6.54 Å². The van der Waals surface area contributed by atoms with Gasteiger partial charge in [-0.25, -0.2) is 4.79 Å². The van der Waals surface area contributed by atoms with Crippen molar-refractivity contribution < 1.29 is 18.8 Å². The molecular formula is C20H22N2O4. The normalized spacial score (nSPS) is 19.7. The maximum Gasteiger partial charge on any atom is 0.325 e. The third kappa shape index (κ3) is 3.27. The highest BCUT2D eigenvalue weighted by atomic mass is 16.3. The molecular weight excluding hydrogens is 332 g/mol. The van der Waals surface area contributed by atoms with Crippen LogP contribution in [0.2, 0.25) is 0 Å². The van der Waals surface area contributed by atoms with Gasteiger partial charge >= 0.3 is 6.03 Å². The smallest absolute Gasteiger partial charge is 0.325 e. The monoisotopic (exact) mass is 354 g/mol. The topological polar surface area (TPSA) is 79.6 Å². The molecule has 0 aliphatic carbocycles. The minimum absolute atomic E-state index is 0.278. The molecule has 1 fully saturated rings. The molecule has 6 nitrogen and oxygen atoms in total. The average Bonchev–Trinajstić information content (AvgIpc) is 3.25. The second-order valence-electron chi connectivity index (χ2n) is 6.65. The van der Waals surface area contributed by atoms with Gasteiger partial charge in [-0.3, -0.25) is 14.5 Å². The van der Waals surface area contributed by atoms with Crippen molar-refractivity contribution in [3.63, 3.8) is 0 Å². The summed E-state index contributed by atoms with van der Waals surface area (Å²) in [5, 5.41) is 2.61. The SMILES string of the molecule is CCCCc1ccc(C(=O)CN2C(=O)N[C@](C)(c3ccco3)C2=O)cc1. The number of hydrogen-bond donors (Lipinski definition) is 1. The molecule has 136 valence electrons. The molecule has 0 spiro atoms. The van der Waals surface area contributed by atoms with Crippen LogP contribution in [0.25, 0.3) is 0 Å². The van der Waals surface area contributed by atoms with E-state index in [9.17, 15) is 14.4 Å². The summed E-state index contributed by atoms with van der Waals surface area (Å²) in [5.74, 6) is -0.435. The van der Waals surface area contributed by atoms with E-state index in [1.165, 1.54) is 11.8 Å². The van der Waals surface area contributed by atoms with Gasteiger partial charge < -0.3 is 9.73 Å². The summed E-state index contributed by atoms with van der Waals surface area (Å²) >= 11 is 0. The second kappa shape index (κ2) is 7.15. The number of unbranched alkanes of at least 4 members (excludes halogenated alkanes) is 1. The molecule has 2 aromatic rings. The molecule has 1 aromatic carbocycles. The first-order valence-corrected chi connectivity index (χ1v) is 8.76. The highest BCUT2D eigenvalue weighted by Gasteiger charge is 2.51. The van der Waals surface area contributed by atoms with E-state index < -0.39 is 17.5 Å². The zero-order valence-electron chi connectivity index (χ0n) is 15.0. The Morgan fingerprint density at radius 3 is 2.54 bits per heavy atom. The second-order valence-corrected chi connectivity index (χ2v) is 6.65. The molecule has 3 amide bonds. The van der Waals surface area contributed by atoms with Crippen LogP contribution in [-0.2, 0) is 16.8 Å². The van der Waals surface area contributed by atoms with Crippen LogP contribution in [0.4, 0.5) is 4.79 Å². The first-order valence-electron chi connectivity index (χ1n) is 8.76. The first kappa shape index (κ1) is 17.9. The minimum atomic E-state index is -1.29. The lowest BCUT2D eigenvalue weighted by atomic mass is 9.99. The summed E-state index contributed by atoms with van der Waals surface area (Å²) in [6.07, 6.45) is 4.62. The van der Waals surface area contributed by atoms with E-state index in [4.69, 9.17) is 4.42 Å². The fourth-order valence-corrected chi connectivity index (χ4v) is 3.04. The van der Waals surface area contributed by atoms with E-state index in [1.807, 2.05) is 12.1 Å². The number of carbonyl (C=O) groups excluding carboxylic acids is 3. The van der Waals surface area contributed by atoms with Gasteiger partial charge in [0.15, 0.2) is 11.3 Å². The van der Waals surface area contributed by atoms with Gasteiger partial charge in [0.1, 0.15) is 5.76 Å². The van der Waals surface area contributed by atoms with Crippen LogP contribution in [0.5, 0.6) is 0 Å². The molecule has 1 aliphatic heterocycles. The van der Waals surface area contributed by atoms with Gasteiger partial charge in [-0.1, -0.05) is 37.6 Å². The standard InChI is InChI=1S/C20H22N2O4/c1-3-4-6-14-8-10-15(11-9-14)16(23)13-22-18(24)20(2,21-19(22)25)17-7-5-12-26-17/h5,7-12H,3-4,6,13H2,1-2H3,(H,21,25)/t20-/m1/s1. The Morgan fingerprint density at radius 1 is 1.19 bits per heavy atom. The molecule has 1 aliphatic rings. The number of rotatable bonds is 7. The number of furan rings is 1. The van der Waals surface area contributed by atoms with Crippen LogP contribution in [0.1, 0.15) is 48.4 Å². The predicted octanol–water partition coefficient (Wildman–Crippen LogP) is 3.27. The third-order valence-electron chi connectivity index (χ3n) is 4.69. The molecule has 6 heteroatoms. The van der Waals surface area contributed by atoms with Crippen LogP contribution in [0.15, 0.2) is 47.1 Å². The van der Waals surface area contributed by atoms with Crippen LogP contribution in [0, 0.1) is 0 Å². The number of Topliss-reactive ketones (excluding diaryl/α,β-unsaturated/α-hetero) is 1. The number of hydrogen-bond acceptors (Lipinski definition) is 4. The van der Waals surface area contributed by atoms with E-state index in [0.717, 1.165) is 24.2 Å². The van der Waals surface area contributed by atoms with Crippen LogP contribution >= 0.6 is 0 Å². The number of ketones is 1. The minimum Gasteiger partial charge on any atom is -0.466 e. The quantitative estimate of drug-likeness (QED) is 0.611.